The van der Waals surface area contributed by atoms with E-state index in [2.05, 4.69) is 10.1 Å². The van der Waals surface area contributed by atoms with E-state index < -0.39 is 51.2 Å². The van der Waals surface area contributed by atoms with Crippen LogP contribution in [-0.2, 0) is 27.1 Å². The summed E-state index contributed by atoms with van der Waals surface area (Å²) >= 11 is 11.3. The van der Waals surface area contributed by atoms with Crippen molar-refractivity contribution in [1.82, 2.24) is 9.88 Å². The summed E-state index contributed by atoms with van der Waals surface area (Å²) in [5.41, 5.74) is -7.93. The number of rotatable bonds is 4. The van der Waals surface area contributed by atoms with Crippen LogP contribution in [0, 0.1) is 5.92 Å². The van der Waals surface area contributed by atoms with Gasteiger partial charge in [0, 0.05) is 23.2 Å². The molecule has 0 radical (unpaired) electrons. The Labute approximate surface area is 216 Å². The molecule has 0 saturated carbocycles. The zero-order chi connectivity index (χ0) is 27.6. The minimum atomic E-state index is -5.20. The highest BCUT2D eigenvalue weighted by Crippen LogP contribution is 2.51. The normalized spacial score (nSPS) is 21.5. The van der Waals surface area contributed by atoms with E-state index in [9.17, 15) is 31.1 Å². The Bertz CT molecular complexity index is 1260. The van der Waals surface area contributed by atoms with Gasteiger partial charge in [0.1, 0.15) is 0 Å². The van der Waals surface area contributed by atoms with E-state index in [-0.39, 0.29) is 48.0 Å². The molecule has 5 nitrogen and oxygen atoms in total. The van der Waals surface area contributed by atoms with E-state index in [1.807, 2.05) is 0 Å². The highest BCUT2D eigenvalue weighted by molar-refractivity contribution is 6.42. The zero-order valence-electron chi connectivity index (χ0n) is 19.1. The topological polar surface area (TPSA) is 54.8 Å². The van der Waals surface area contributed by atoms with Crippen LogP contribution < -0.4 is 0 Å². The van der Waals surface area contributed by atoms with Crippen LogP contribution in [0.25, 0.3) is 0 Å². The number of amides is 1. The summed E-state index contributed by atoms with van der Waals surface area (Å²) < 4.78 is 98.0. The summed E-state index contributed by atoms with van der Waals surface area (Å²) in [5, 5.41) is 1.80. The third kappa shape index (κ3) is 4.73. The molecule has 1 amide bonds. The van der Waals surface area contributed by atoms with Crippen molar-refractivity contribution in [2.24, 2.45) is 11.1 Å². The van der Waals surface area contributed by atoms with Gasteiger partial charge < -0.3 is 9.74 Å². The molecular weight excluding hydrogens is 554 g/mol. The number of hydrogen-bond acceptors (Lipinski definition) is 4. The highest BCUT2D eigenvalue weighted by Gasteiger charge is 2.63. The first-order valence-corrected chi connectivity index (χ1v) is 11.6. The third-order valence-electron chi connectivity index (χ3n) is 6.23. The molecule has 1 aromatic carbocycles. The van der Waals surface area contributed by atoms with E-state index in [4.69, 9.17) is 28.0 Å². The Balaban J connectivity index is 1.60. The van der Waals surface area contributed by atoms with Crippen LogP contribution >= 0.6 is 23.2 Å². The number of aromatic nitrogens is 1. The number of halogens is 9. The van der Waals surface area contributed by atoms with Gasteiger partial charge in [0.15, 0.2) is 5.67 Å². The molecule has 3 heterocycles. The molecule has 0 bridgehead atoms. The Morgan fingerprint density at radius 3 is 2.27 bits per heavy atom. The van der Waals surface area contributed by atoms with E-state index in [1.165, 1.54) is 17.0 Å². The molecule has 1 atom stereocenters. The zero-order valence-corrected chi connectivity index (χ0v) is 20.7. The average molecular weight is 572 g/mol. The Morgan fingerprint density at radius 2 is 1.76 bits per heavy atom. The molecule has 1 fully saturated rings. The van der Waals surface area contributed by atoms with Gasteiger partial charge in [0.05, 0.1) is 46.5 Å². The van der Waals surface area contributed by atoms with Crippen LogP contribution in [0.1, 0.15) is 42.7 Å². The van der Waals surface area contributed by atoms with Crippen molar-refractivity contribution in [2.45, 2.75) is 43.9 Å². The third-order valence-corrected chi connectivity index (χ3v) is 7.03. The fourth-order valence-electron chi connectivity index (χ4n) is 4.16. The van der Waals surface area contributed by atoms with Crippen molar-refractivity contribution >= 4 is 34.8 Å². The quantitative estimate of drug-likeness (QED) is 0.386. The predicted octanol–water partition coefficient (Wildman–Crippen LogP) is 6.65. The number of likely N-dealkylation sites (tertiary alicyclic amines) is 1. The smallest absolute Gasteiger partial charge is 0.374 e. The van der Waals surface area contributed by atoms with Gasteiger partial charge >= 0.3 is 12.4 Å². The molecule has 1 unspecified atom stereocenters. The van der Waals surface area contributed by atoms with Crippen molar-refractivity contribution in [3.63, 3.8) is 0 Å². The van der Waals surface area contributed by atoms with E-state index in [0.29, 0.717) is 6.07 Å². The SMILES string of the molecule is CC(C)C(=O)N1CC(F)(c2ccc(C3=NOC(c4cc(Cl)c(Cl)c(C(F)(F)F)c4)(C(F)(F)F)C3)cn2)C1. The molecule has 1 aromatic heterocycles. The summed E-state index contributed by atoms with van der Waals surface area (Å²) in [6, 6.07) is 3.42. The molecule has 0 N–H and O–H groups in total. The molecule has 2 aliphatic heterocycles. The summed E-state index contributed by atoms with van der Waals surface area (Å²) in [4.78, 5) is 22.1. The lowest BCUT2D eigenvalue weighted by molar-refractivity contribution is -0.276. The number of alkyl halides is 7. The van der Waals surface area contributed by atoms with Crippen LogP contribution in [0.3, 0.4) is 0 Å². The van der Waals surface area contributed by atoms with Crippen LogP contribution in [-0.4, -0.2) is 40.8 Å². The van der Waals surface area contributed by atoms with Crippen molar-refractivity contribution < 1.29 is 40.4 Å². The largest absolute Gasteiger partial charge is 0.435 e. The Kier molecular flexibility index (Phi) is 6.68. The van der Waals surface area contributed by atoms with Crippen molar-refractivity contribution in [3.8, 4) is 0 Å². The van der Waals surface area contributed by atoms with Gasteiger partial charge in [0.2, 0.25) is 5.91 Å². The number of carbonyl (C=O) groups excluding carboxylic acids is 1. The first-order valence-electron chi connectivity index (χ1n) is 10.8. The summed E-state index contributed by atoms with van der Waals surface area (Å²) in [7, 11) is 0. The van der Waals surface area contributed by atoms with E-state index in [0.717, 1.165) is 6.20 Å². The molecule has 2 aromatic rings. The Morgan fingerprint density at radius 1 is 1.11 bits per heavy atom. The fourth-order valence-corrected chi connectivity index (χ4v) is 4.59. The second kappa shape index (κ2) is 9.00. The highest BCUT2D eigenvalue weighted by atomic mass is 35.5. The van der Waals surface area contributed by atoms with Gasteiger partial charge in [-0.2, -0.15) is 26.3 Å². The van der Waals surface area contributed by atoms with Crippen LogP contribution in [0.15, 0.2) is 35.6 Å². The molecular formula is C23H18Cl2F7N3O2. The molecule has 14 heteroatoms. The van der Waals surface area contributed by atoms with Crippen molar-refractivity contribution in [2.75, 3.05) is 13.1 Å². The molecule has 1 saturated heterocycles. The maximum Gasteiger partial charge on any atom is 0.435 e. The number of pyridine rings is 1. The lowest BCUT2D eigenvalue weighted by atomic mass is 9.85. The summed E-state index contributed by atoms with van der Waals surface area (Å²) in [5.74, 6) is -0.529. The van der Waals surface area contributed by atoms with Gasteiger partial charge in [-0.05, 0) is 24.3 Å². The maximum absolute atomic E-state index is 15.2. The Hall–Kier alpha value is -2.60. The first-order chi connectivity index (χ1) is 17.0. The predicted molar refractivity (Wildman–Crippen MR) is 120 cm³/mol. The van der Waals surface area contributed by atoms with Crippen molar-refractivity contribution in [1.29, 1.82) is 0 Å². The minimum Gasteiger partial charge on any atom is -0.374 e. The van der Waals surface area contributed by atoms with Gasteiger partial charge in [-0.15, -0.1) is 0 Å². The molecule has 0 spiro atoms. The lowest BCUT2D eigenvalue weighted by Crippen LogP contribution is -2.60. The molecule has 4 rings (SSSR count). The lowest BCUT2D eigenvalue weighted by Gasteiger charge is -2.44. The fraction of sp³-hybridized carbons (Fsp3) is 0.435. The van der Waals surface area contributed by atoms with E-state index in [1.54, 1.807) is 13.8 Å². The standard InChI is InChI=1S/C23H18Cl2F7N3O2/c1-11(2)19(36)35-9-20(26,10-35)17-4-3-12(8-33-17)16-7-21(37-34-16,23(30,31)32)13-5-14(22(27,28)29)18(25)15(24)6-13/h3-6,8,11H,7,9-10H2,1-2H3. The van der Waals surface area contributed by atoms with E-state index >= 15 is 4.39 Å². The number of carbonyl (C=O) groups is 1. The van der Waals surface area contributed by atoms with Gasteiger partial charge in [-0.1, -0.05) is 42.2 Å². The van der Waals surface area contributed by atoms with Gasteiger partial charge in [0.25, 0.3) is 5.60 Å². The van der Waals surface area contributed by atoms with Gasteiger partial charge in [-0.3, -0.25) is 9.78 Å². The van der Waals surface area contributed by atoms with Crippen LogP contribution in [0.4, 0.5) is 30.7 Å². The van der Waals surface area contributed by atoms with Gasteiger partial charge in [-0.25, -0.2) is 4.39 Å². The summed E-state index contributed by atoms with van der Waals surface area (Å²) in [6.45, 7) is 2.94. The number of nitrogens with zero attached hydrogens (tertiary/aromatic N) is 3. The minimum absolute atomic E-state index is 0.0232. The maximum atomic E-state index is 15.2. The van der Waals surface area contributed by atoms with Crippen molar-refractivity contribution in [3.05, 3.63) is 62.9 Å². The number of hydrogen-bond donors (Lipinski definition) is 0. The second-order valence-corrected chi connectivity index (χ2v) is 9.98. The molecule has 200 valence electrons. The molecule has 37 heavy (non-hydrogen) atoms. The number of oxime groups is 1. The number of benzene rings is 1. The van der Waals surface area contributed by atoms with Crippen LogP contribution in [0.2, 0.25) is 10.0 Å². The average Bonchev–Trinajstić information content (AvgIpc) is 3.24. The second-order valence-electron chi connectivity index (χ2n) is 9.19. The molecule has 2 aliphatic rings. The molecule has 0 aliphatic carbocycles. The first kappa shape index (κ1) is 27.4. The van der Waals surface area contributed by atoms with Crippen LogP contribution in [0.5, 0.6) is 0 Å². The summed E-state index contributed by atoms with van der Waals surface area (Å²) in [6.07, 6.45) is -10.2. The monoisotopic (exact) mass is 571 g/mol.